The van der Waals surface area contributed by atoms with E-state index >= 15 is 0 Å². The first-order valence-electron chi connectivity index (χ1n) is 6.10. The summed E-state index contributed by atoms with van der Waals surface area (Å²) >= 11 is 0. The van der Waals surface area contributed by atoms with Crippen molar-refractivity contribution in [2.24, 2.45) is 0 Å². The van der Waals surface area contributed by atoms with E-state index in [1.165, 1.54) is 0 Å². The Kier molecular flexibility index (Phi) is 3.64. The molecule has 0 bridgehead atoms. The highest BCUT2D eigenvalue weighted by Crippen LogP contribution is 2.30. The van der Waals surface area contributed by atoms with Gasteiger partial charge in [0.15, 0.2) is 0 Å². The normalized spacial score (nSPS) is 19.2. The number of carboxylic acid groups (broad SMARTS) is 1. The third-order valence-electron chi connectivity index (χ3n) is 3.16. The average molecular weight is 251 g/mol. The molecule has 98 valence electrons. The molecule has 1 aliphatic heterocycles. The lowest BCUT2D eigenvalue weighted by molar-refractivity contribution is -0.141. The number of likely N-dealkylation sites (tertiary alicyclic amines) is 1. The zero-order chi connectivity index (χ0) is 13.1. The monoisotopic (exact) mass is 251 g/mol. The number of nitrogens with one attached hydrogen (secondary N) is 1. The highest BCUT2D eigenvalue weighted by Gasteiger charge is 2.31. The smallest absolute Gasteiger partial charge is 0.303 e. The molecule has 0 radical (unpaired) electrons. The minimum absolute atomic E-state index is 0.0278. The molecule has 2 N–H and O–H groups in total. The van der Waals surface area contributed by atoms with Crippen molar-refractivity contribution in [1.29, 1.82) is 0 Å². The molecule has 18 heavy (non-hydrogen) atoms. The predicted molar refractivity (Wildman–Crippen MR) is 63.9 cm³/mol. The van der Waals surface area contributed by atoms with Crippen LogP contribution in [0.25, 0.3) is 0 Å². The fourth-order valence-corrected chi connectivity index (χ4v) is 2.31. The van der Waals surface area contributed by atoms with Crippen LogP contribution in [0.2, 0.25) is 0 Å². The van der Waals surface area contributed by atoms with Crippen LogP contribution in [0.3, 0.4) is 0 Å². The number of rotatable bonds is 4. The van der Waals surface area contributed by atoms with Crippen LogP contribution in [0.4, 0.5) is 0 Å². The van der Waals surface area contributed by atoms with Crippen LogP contribution in [0, 0.1) is 6.92 Å². The van der Waals surface area contributed by atoms with Crippen LogP contribution in [-0.2, 0) is 9.59 Å². The van der Waals surface area contributed by atoms with Crippen molar-refractivity contribution >= 4 is 11.9 Å². The third-order valence-corrected chi connectivity index (χ3v) is 3.16. The molecule has 1 atom stereocenters. The molecule has 0 aromatic carbocycles. The summed E-state index contributed by atoms with van der Waals surface area (Å²) in [4.78, 5) is 31.6. The van der Waals surface area contributed by atoms with Gasteiger partial charge in [0.25, 0.3) is 0 Å². The molecule has 1 aliphatic rings. The molecule has 0 saturated carbocycles. The van der Waals surface area contributed by atoms with Crippen LogP contribution in [-0.4, -0.2) is 38.4 Å². The molecule has 6 heteroatoms. The van der Waals surface area contributed by atoms with E-state index in [9.17, 15) is 9.59 Å². The van der Waals surface area contributed by atoms with Crippen molar-refractivity contribution in [3.05, 3.63) is 17.7 Å². The van der Waals surface area contributed by atoms with Crippen molar-refractivity contribution in [2.45, 2.75) is 38.6 Å². The number of hydrogen-bond acceptors (Lipinski definition) is 3. The van der Waals surface area contributed by atoms with Gasteiger partial charge in [0.05, 0.1) is 12.5 Å². The number of hydrogen-bond donors (Lipinski definition) is 2. The van der Waals surface area contributed by atoms with Gasteiger partial charge in [-0.2, -0.15) is 0 Å². The van der Waals surface area contributed by atoms with Crippen LogP contribution in [0.5, 0.6) is 0 Å². The topological polar surface area (TPSA) is 86.3 Å². The van der Waals surface area contributed by atoms with E-state index in [1.54, 1.807) is 11.1 Å². The second-order valence-electron chi connectivity index (χ2n) is 4.59. The summed E-state index contributed by atoms with van der Waals surface area (Å²) in [7, 11) is 0. The van der Waals surface area contributed by atoms with Gasteiger partial charge in [0.2, 0.25) is 5.91 Å². The molecular weight excluding hydrogens is 234 g/mol. The molecule has 2 rings (SSSR count). The van der Waals surface area contributed by atoms with E-state index in [1.807, 2.05) is 6.92 Å². The Morgan fingerprint density at radius 1 is 1.56 bits per heavy atom. The van der Waals surface area contributed by atoms with Crippen LogP contribution in [0.1, 0.15) is 43.2 Å². The quantitative estimate of drug-likeness (QED) is 0.843. The van der Waals surface area contributed by atoms with E-state index in [4.69, 9.17) is 5.11 Å². The Morgan fingerprint density at radius 3 is 2.94 bits per heavy atom. The van der Waals surface area contributed by atoms with Crippen molar-refractivity contribution in [1.82, 2.24) is 14.9 Å². The summed E-state index contributed by atoms with van der Waals surface area (Å²) < 4.78 is 0. The van der Waals surface area contributed by atoms with E-state index in [0.717, 1.165) is 24.4 Å². The summed E-state index contributed by atoms with van der Waals surface area (Å²) in [6.45, 7) is 2.60. The Balaban J connectivity index is 2.03. The summed E-state index contributed by atoms with van der Waals surface area (Å²) in [5.74, 6) is -0.240. The molecule has 6 nitrogen and oxygen atoms in total. The lowest BCUT2D eigenvalue weighted by Gasteiger charge is -2.23. The van der Waals surface area contributed by atoms with Gasteiger partial charge < -0.3 is 15.0 Å². The molecule has 0 unspecified atom stereocenters. The molecular formula is C12H17N3O3. The van der Waals surface area contributed by atoms with Gasteiger partial charge >= 0.3 is 5.97 Å². The lowest BCUT2D eigenvalue weighted by atomic mass is 10.2. The Morgan fingerprint density at radius 2 is 2.33 bits per heavy atom. The number of H-pyrrole nitrogens is 1. The summed E-state index contributed by atoms with van der Waals surface area (Å²) in [6, 6.07) is -0.0278. The third kappa shape index (κ3) is 2.69. The van der Waals surface area contributed by atoms with Gasteiger partial charge in [-0.1, -0.05) is 0 Å². The number of amides is 1. The first-order valence-corrected chi connectivity index (χ1v) is 6.10. The first kappa shape index (κ1) is 12.6. The number of carbonyl (C=O) groups is 2. The zero-order valence-electron chi connectivity index (χ0n) is 10.3. The van der Waals surface area contributed by atoms with Gasteiger partial charge in [-0.05, 0) is 19.8 Å². The number of nitrogens with zero attached hydrogens (tertiary/aromatic N) is 2. The number of carbonyl (C=O) groups excluding carboxylic acids is 1. The maximum absolute atomic E-state index is 12.0. The van der Waals surface area contributed by atoms with Crippen molar-refractivity contribution in [2.75, 3.05) is 6.54 Å². The Labute approximate surface area is 105 Å². The van der Waals surface area contributed by atoms with Gasteiger partial charge in [-0.25, -0.2) is 4.98 Å². The molecule has 1 aromatic rings. The molecule has 1 aromatic heterocycles. The molecule has 2 heterocycles. The number of aryl methyl sites for hydroxylation is 1. The first-order chi connectivity index (χ1) is 8.58. The predicted octanol–water partition coefficient (Wildman–Crippen LogP) is 1.25. The lowest BCUT2D eigenvalue weighted by Crippen LogP contribution is -2.31. The zero-order valence-corrected chi connectivity index (χ0v) is 10.3. The minimum Gasteiger partial charge on any atom is -0.481 e. The standard InChI is InChI=1S/C12H17N3O3/c1-8-7-13-12(14-8)9-3-2-6-15(9)10(16)4-5-11(17)18/h7,9H,2-6H2,1H3,(H,13,14)(H,17,18)/t9-/m1/s1. The summed E-state index contributed by atoms with van der Waals surface area (Å²) in [5.41, 5.74) is 0.967. The highest BCUT2D eigenvalue weighted by molar-refractivity contribution is 5.81. The Hall–Kier alpha value is -1.85. The number of aromatic nitrogens is 2. The van der Waals surface area contributed by atoms with Crippen molar-refractivity contribution < 1.29 is 14.7 Å². The molecule has 1 fully saturated rings. The van der Waals surface area contributed by atoms with Crippen LogP contribution < -0.4 is 0 Å². The molecule has 1 saturated heterocycles. The van der Waals surface area contributed by atoms with E-state index < -0.39 is 5.97 Å². The molecule has 0 aliphatic carbocycles. The second kappa shape index (κ2) is 5.20. The fraction of sp³-hybridized carbons (Fsp3) is 0.583. The molecule has 1 amide bonds. The second-order valence-corrected chi connectivity index (χ2v) is 4.59. The van der Waals surface area contributed by atoms with Crippen LogP contribution in [0.15, 0.2) is 6.20 Å². The average Bonchev–Trinajstić information content (AvgIpc) is 2.93. The number of aliphatic carboxylic acids is 1. The van der Waals surface area contributed by atoms with E-state index in [2.05, 4.69) is 9.97 Å². The minimum atomic E-state index is -0.937. The van der Waals surface area contributed by atoms with Crippen molar-refractivity contribution in [3.8, 4) is 0 Å². The van der Waals surface area contributed by atoms with Gasteiger partial charge in [-0.15, -0.1) is 0 Å². The number of carboxylic acids is 1. The van der Waals surface area contributed by atoms with E-state index in [0.29, 0.717) is 6.54 Å². The summed E-state index contributed by atoms with van der Waals surface area (Å²) in [5, 5.41) is 8.60. The summed E-state index contributed by atoms with van der Waals surface area (Å²) in [6.07, 6.45) is 3.51. The number of imidazole rings is 1. The molecule has 0 spiro atoms. The van der Waals surface area contributed by atoms with Crippen LogP contribution >= 0.6 is 0 Å². The SMILES string of the molecule is Cc1cnc([C@H]2CCCN2C(=O)CCC(=O)O)[nH]1. The van der Waals surface area contributed by atoms with Gasteiger partial charge in [0, 0.05) is 24.9 Å². The number of aromatic amines is 1. The largest absolute Gasteiger partial charge is 0.481 e. The van der Waals surface area contributed by atoms with Gasteiger partial charge in [-0.3, -0.25) is 9.59 Å². The Bertz CT molecular complexity index is 455. The van der Waals surface area contributed by atoms with Gasteiger partial charge in [0.1, 0.15) is 5.82 Å². The maximum atomic E-state index is 12.0. The van der Waals surface area contributed by atoms with Crippen molar-refractivity contribution in [3.63, 3.8) is 0 Å². The fourth-order valence-electron chi connectivity index (χ4n) is 2.31. The maximum Gasteiger partial charge on any atom is 0.303 e. The highest BCUT2D eigenvalue weighted by atomic mass is 16.4. The van der Waals surface area contributed by atoms with E-state index in [-0.39, 0.29) is 24.8 Å².